The van der Waals surface area contributed by atoms with Gasteiger partial charge in [-0.3, -0.25) is 0 Å². The third-order valence-corrected chi connectivity index (χ3v) is 3.13. The van der Waals surface area contributed by atoms with Crippen LogP contribution in [0.5, 0.6) is 0 Å². The predicted octanol–water partition coefficient (Wildman–Crippen LogP) is 2.25. The summed E-state index contributed by atoms with van der Waals surface area (Å²) < 4.78 is 0. The predicted molar refractivity (Wildman–Crippen MR) is 75.0 cm³/mol. The Balaban J connectivity index is 1.88. The third kappa shape index (κ3) is 3.32. The van der Waals surface area contributed by atoms with Gasteiger partial charge < -0.3 is 16.5 Å². The number of hydrogen-bond acceptors (Lipinski definition) is 4. The average Bonchev–Trinajstić information content (AvgIpc) is 2.39. The fraction of sp³-hybridized carbons (Fsp3) is 0.429. The van der Waals surface area contributed by atoms with Crippen molar-refractivity contribution in [1.29, 1.82) is 5.41 Å². The van der Waals surface area contributed by atoms with Gasteiger partial charge in [0, 0.05) is 18.0 Å². The number of nitrogens with two attached hydrogens (primary N) is 1. The van der Waals surface area contributed by atoms with Gasteiger partial charge in [-0.25, -0.2) is 4.98 Å². The Kier molecular flexibility index (Phi) is 4.34. The summed E-state index contributed by atoms with van der Waals surface area (Å²) in [5, 5.41) is 10.9. The van der Waals surface area contributed by atoms with E-state index >= 15 is 0 Å². The molecule has 0 atom stereocenters. The fourth-order valence-corrected chi connectivity index (χ4v) is 2.17. The molecule has 0 bridgehead atoms. The van der Waals surface area contributed by atoms with E-state index in [4.69, 9.17) is 11.1 Å². The molecule has 0 saturated heterocycles. The Hall–Kier alpha value is -1.84. The average molecular weight is 244 g/mol. The van der Waals surface area contributed by atoms with Gasteiger partial charge in [0.2, 0.25) is 0 Å². The maximum Gasteiger partial charge on any atom is 0.129 e. The van der Waals surface area contributed by atoms with Crippen molar-refractivity contribution in [3.63, 3.8) is 0 Å². The number of nitrogens with zero attached hydrogens (tertiary/aromatic N) is 1. The molecule has 2 rings (SSSR count). The van der Waals surface area contributed by atoms with Gasteiger partial charge in [-0.05, 0) is 56.0 Å². The topological polar surface area (TPSA) is 74.8 Å². The Morgan fingerprint density at radius 1 is 1.50 bits per heavy atom. The first kappa shape index (κ1) is 12.6. The number of nitrogens with one attached hydrogen (secondary N) is 2. The number of aryl methyl sites for hydroxylation is 2. The second-order valence-corrected chi connectivity index (χ2v) is 4.58. The van der Waals surface area contributed by atoms with Crippen molar-refractivity contribution >= 4 is 11.5 Å². The lowest BCUT2D eigenvalue weighted by molar-refractivity contribution is 0.794. The molecule has 1 aromatic heterocycles. The lowest BCUT2D eigenvalue weighted by Gasteiger charge is -2.17. The van der Waals surface area contributed by atoms with E-state index in [2.05, 4.69) is 22.4 Å². The summed E-state index contributed by atoms with van der Waals surface area (Å²) in [7, 11) is 0. The second kappa shape index (κ2) is 6.19. The number of rotatable bonds is 5. The Morgan fingerprint density at radius 2 is 2.39 bits per heavy atom. The van der Waals surface area contributed by atoms with Gasteiger partial charge in [0.25, 0.3) is 0 Å². The summed E-state index contributed by atoms with van der Waals surface area (Å²) >= 11 is 0. The van der Waals surface area contributed by atoms with E-state index in [1.165, 1.54) is 18.2 Å². The highest BCUT2D eigenvalue weighted by molar-refractivity contribution is 5.91. The van der Waals surface area contributed by atoms with Gasteiger partial charge >= 0.3 is 0 Å². The summed E-state index contributed by atoms with van der Waals surface area (Å²) in [5.74, 6) is 1.05. The summed E-state index contributed by atoms with van der Waals surface area (Å²) in [6.07, 6.45) is 7.98. The quantitative estimate of drug-likeness (QED) is 0.695. The smallest absolute Gasteiger partial charge is 0.129 e. The zero-order valence-corrected chi connectivity index (χ0v) is 10.6. The van der Waals surface area contributed by atoms with Crippen molar-refractivity contribution < 1.29 is 0 Å². The monoisotopic (exact) mass is 244 g/mol. The minimum Gasteiger partial charge on any atom is -0.405 e. The standard InChI is InChI=1S/C14H20N4/c15-9-8-12(16)4-1-5-13-7-6-11-3-2-10-17-14(11)18-13/h6-9,16H,1-5,10,15H2,(H,17,18)/b9-8-,16-12?. The summed E-state index contributed by atoms with van der Waals surface area (Å²) in [4.78, 5) is 4.63. The molecule has 0 fully saturated rings. The lowest BCUT2D eigenvalue weighted by Crippen LogP contribution is -2.14. The molecule has 0 spiro atoms. The van der Waals surface area contributed by atoms with Crippen LogP contribution in [0.1, 0.15) is 30.5 Å². The molecule has 4 nitrogen and oxygen atoms in total. The summed E-state index contributed by atoms with van der Waals surface area (Å²) in [6.45, 7) is 1.02. The number of fused-ring (bicyclic) bond motifs is 1. The van der Waals surface area contributed by atoms with Crippen molar-refractivity contribution in [3.8, 4) is 0 Å². The van der Waals surface area contributed by atoms with E-state index in [-0.39, 0.29) is 0 Å². The summed E-state index contributed by atoms with van der Waals surface area (Å²) in [6, 6.07) is 4.28. The molecular weight excluding hydrogens is 224 g/mol. The van der Waals surface area contributed by atoms with E-state index in [1.54, 1.807) is 6.08 Å². The molecule has 0 aliphatic carbocycles. The molecule has 96 valence electrons. The lowest BCUT2D eigenvalue weighted by atomic mass is 10.1. The van der Waals surface area contributed by atoms with Crippen LogP contribution in [0.25, 0.3) is 0 Å². The fourth-order valence-electron chi connectivity index (χ4n) is 2.17. The first-order valence-electron chi connectivity index (χ1n) is 6.48. The molecule has 4 heteroatoms. The van der Waals surface area contributed by atoms with Gasteiger partial charge in [0.05, 0.1) is 0 Å². The largest absolute Gasteiger partial charge is 0.405 e. The highest BCUT2D eigenvalue weighted by Gasteiger charge is 2.09. The van der Waals surface area contributed by atoms with Gasteiger partial charge in [-0.1, -0.05) is 6.07 Å². The normalized spacial score (nSPS) is 14.2. The maximum absolute atomic E-state index is 7.61. The van der Waals surface area contributed by atoms with Crippen LogP contribution in [-0.2, 0) is 12.8 Å². The molecule has 4 N–H and O–H groups in total. The van der Waals surface area contributed by atoms with E-state index in [0.717, 1.165) is 43.7 Å². The van der Waals surface area contributed by atoms with Crippen LogP contribution in [-0.4, -0.2) is 17.2 Å². The number of allylic oxidation sites excluding steroid dienone is 1. The minimum atomic E-state index is 0.577. The van der Waals surface area contributed by atoms with Crippen molar-refractivity contribution in [3.05, 3.63) is 35.7 Å². The van der Waals surface area contributed by atoms with Crippen LogP contribution in [0.2, 0.25) is 0 Å². The molecular formula is C14H20N4. The number of pyridine rings is 1. The van der Waals surface area contributed by atoms with Crippen LogP contribution in [0.15, 0.2) is 24.4 Å². The molecule has 0 aromatic carbocycles. The van der Waals surface area contributed by atoms with Crippen LogP contribution in [0, 0.1) is 5.41 Å². The zero-order valence-electron chi connectivity index (χ0n) is 10.6. The molecule has 1 aliphatic rings. The van der Waals surface area contributed by atoms with Crippen molar-refractivity contribution in [2.24, 2.45) is 5.73 Å². The highest BCUT2D eigenvalue weighted by atomic mass is 15.0. The van der Waals surface area contributed by atoms with E-state index in [9.17, 15) is 0 Å². The van der Waals surface area contributed by atoms with Crippen molar-refractivity contribution in [2.75, 3.05) is 11.9 Å². The highest BCUT2D eigenvalue weighted by Crippen LogP contribution is 2.20. The van der Waals surface area contributed by atoms with Crippen LogP contribution in [0.3, 0.4) is 0 Å². The van der Waals surface area contributed by atoms with Crippen LogP contribution in [0.4, 0.5) is 5.82 Å². The molecule has 18 heavy (non-hydrogen) atoms. The first-order valence-corrected chi connectivity index (χ1v) is 6.48. The van der Waals surface area contributed by atoms with E-state index in [1.807, 2.05) is 0 Å². The van der Waals surface area contributed by atoms with Gasteiger partial charge in [0.15, 0.2) is 0 Å². The Morgan fingerprint density at radius 3 is 3.22 bits per heavy atom. The molecule has 1 aliphatic heterocycles. The molecule has 0 radical (unpaired) electrons. The maximum atomic E-state index is 7.61. The van der Waals surface area contributed by atoms with Crippen LogP contribution >= 0.6 is 0 Å². The second-order valence-electron chi connectivity index (χ2n) is 4.58. The minimum absolute atomic E-state index is 0.577. The van der Waals surface area contributed by atoms with Gasteiger partial charge in [-0.15, -0.1) is 0 Å². The van der Waals surface area contributed by atoms with Crippen molar-refractivity contribution in [2.45, 2.75) is 32.1 Å². The molecule has 0 saturated carbocycles. The van der Waals surface area contributed by atoms with E-state index < -0.39 is 0 Å². The van der Waals surface area contributed by atoms with Gasteiger partial charge in [-0.2, -0.15) is 0 Å². The SMILES string of the molecule is N=C(/C=C\N)CCCc1ccc2c(n1)NCCC2. The van der Waals surface area contributed by atoms with Gasteiger partial charge in [0.1, 0.15) is 5.82 Å². The molecule has 0 unspecified atom stereocenters. The van der Waals surface area contributed by atoms with E-state index in [0.29, 0.717) is 5.71 Å². The third-order valence-electron chi connectivity index (χ3n) is 3.13. The molecule has 1 aromatic rings. The van der Waals surface area contributed by atoms with Crippen LogP contribution < -0.4 is 11.1 Å². The molecule has 2 heterocycles. The summed E-state index contributed by atoms with van der Waals surface area (Å²) in [5.41, 5.74) is 8.25. The van der Waals surface area contributed by atoms with Crippen molar-refractivity contribution in [1.82, 2.24) is 4.98 Å². The zero-order chi connectivity index (χ0) is 12.8. The first-order chi connectivity index (χ1) is 8.79. The number of hydrogen-bond donors (Lipinski definition) is 3. The number of anilines is 1. The Labute approximate surface area is 108 Å². The Bertz CT molecular complexity index is 451. The molecule has 0 amide bonds. The number of aromatic nitrogens is 1.